The minimum absolute atomic E-state index is 0.0933. The Kier molecular flexibility index (Phi) is 5.76. The number of thiophene rings is 1. The van der Waals surface area contributed by atoms with Crippen LogP contribution in [0.15, 0.2) is 17.5 Å². The fraction of sp³-hybridized carbons (Fsp3) is 0.455. The molecule has 18 heavy (non-hydrogen) atoms. The average molecular weight is 272 g/mol. The second kappa shape index (κ2) is 7.10. The zero-order valence-electron chi connectivity index (χ0n) is 9.96. The number of carboxylic acids is 1. The summed E-state index contributed by atoms with van der Waals surface area (Å²) in [7, 11) is 1.45. The summed E-state index contributed by atoms with van der Waals surface area (Å²) in [6.07, 6.45) is -0.175. The number of rotatable bonds is 7. The second-order valence-corrected chi connectivity index (χ2v) is 4.72. The van der Waals surface area contributed by atoms with Crippen molar-refractivity contribution in [2.75, 3.05) is 13.7 Å². The van der Waals surface area contributed by atoms with Gasteiger partial charge in [0.1, 0.15) is 6.04 Å². The Bertz CT molecular complexity index is 394. The fourth-order valence-corrected chi connectivity index (χ4v) is 2.20. The van der Waals surface area contributed by atoms with E-state index in [0.717, 1.165) is 4.88 Å². The number of aliphatic carboxylic acids is 1. The van der Waals surface area contributed by atoms with Crippen molar-refractivity contribution in [3.63, 3.8) is 0 Å². The maximum atomic E-state index is 11.7. The maximum absolute atomic E-state index is 11.7. The van der Waals surface area contributed by atoms with Gasteiger partial charge in [-0.25, -0.2) is 0 Å². The SMILES string of the molecule is COCC(N)C(=O)NC(CC(=O)O)c1cccs1. The Balaban J connectivity index is 2.67. The molecule has 100 valence electrons. The van der Waals surface area contributed by atoms with Crippen molar-refractivity contribution < 1.29 is 19.4 Å². The number of amides is 1. The van der Waals surface area contributed by atoms with Gasteiger partial charge >= 0.3 is 5.97 Å². The van der Waals surface area contributed by atoms with Gasteiger partial charge < -0.3 is 20.9 Å². The average Bonchev–Trinajstić information content (AvgIpc) is 2.81. The van der Waals surface area contributed by atoms with Gasteiger partial charge in [-0.1, -0.05) is 6.07 Å². The summed E-state index contributed by atoms with van der Waals surface area (Å²) in [6.45, 7) is 0.0933. The number of nitrogens with two attached hydrogens (primary N) is 1. The quantitative estimate of drug-likeness (QED) is 0.665. The van der Waals surface area contributed by atoms with Crippen molar-refractivity contribution in [1.82, 2.24) is 5.32 Å². The topological polar surface area (TPSA) is 102 Å². The standard InChI is InChI=1S/C11H16N2O4S/c1-17-6-7(12)11(16)13-8(5-10(14)15)9-3-2-4-18-9/h2-4,7-8H,5-6,12H2,1H3,(H,13,16)(H,14,15). The van der Waals surface area contributed by atoms with Gasteiger partial charge in [-0.2, -0.15) is 0 Å². The van der Waals surface area contributed by atoms with Crippen LogP contribution in [0.3, 0.4) is 0 Å². The molecule has 4 N–H and O–H groups in total. The van der Waals surface area contributed by atoms with Crippen molar-refractivity contribution in [2.24, 2.45) is 5.73 Å². The van der Waals surface area contributed by atoms with E-state index in [1.165, 1.54) is 18.4 Å². The minimum Gasteiger partial charge on any atom is -0.481 e. The van der Waals surface area contributed by atoms with Gasteiger partial charge in [0, 0.05) is 12.0 Å². The molecule has 0 aromatic carbocycles. The predicted octanol–water partition coefficient (Wildman–Crippen LogP) is 0.354. The lowest BCUT2D eigenvalue weighted by Gasteiger charge is -2.18. The molecule has 1 rings (SSSR count). The number of methoxy groups -OCH3 is 1. The molecule has 0 saturated carbocycles. The summed E-state index contributed by atoms with van der Waals surface area (Å²) in [6, 6.07) is 2.22. The van der Waals surface area contributed by atoms with Crippen LogP contribution in [0.2, 0.25) is 0 Å². The summed E-state index contributed by atoms with van der Waals surface area (Å²) in [4.78, 5) is 23.3. The van der Waals surface area contributed by atoms with Crippen LogP contribution in [0, 0.1) is 0 Å². The van der Waals surface area contributed by atoms with E-state index in [1.54, 1.807) is 12.1 Å². The third kappa shape index (κ3) is 4.44. The van der Waals surface area contributed by atoms with Crippen LogP contribution in [0.1, 0.15) is 17.3 Å². The normalized spacial score (nSPS) is 13.9. The lowest BCUT2D eigenvalue weighted by molar-refractivity contribution is -0.137. The summed E-state index contributed by atoms with van der Waals surface area (Å²) >= 11 is 1.39. The molecule has 7 heteroatoms. The third-order valence-corrected chi connectivity index (χ3v) is 3.25. The number of carboxylic acid groups (broad SMARTS) is 1. The Hall–Kier alpha value is -1.44. The molecule has 0 radical (unpaired) electrons. The number of carbonyl (C=O) groups excluding carboxylic acids is 1. The summed E-state index contributed by atoms with van der Waals surface area (Å²) in [5.74, 6) is -1.40. The van der Waals surface area contributed by atoms with Crippen molar-refractivity contribution in [3.8, 4) is 0 Å². The van der Waals surface area contributed by atoms with E-state index >= 15 is 0 Å². The van der Waals surface area contributed by atoms with Gasteiger partial charge in [0.05, 0.1) is 19.1 Å². The van der Waals surface area contributed by atoms with Crippen molar-refractivity contribution in [3.05, 3.63) is 22.4 Å². The first-order valence-electron chi connectivity index (χ1n) is 5.34. The van der Waals surface area contributed by atoms with Crippen molar-refractivity contribution >= 4 is 23.2 Å². The molecule has 0 fully saturated rings. The highest BCUT2D eigenvalue weighted by Gasteiger charge is 2.22. The zero-order valence-corrected chi connectivity index (χ0v) is 10.8. The number of hydrogen-bond acceptors (Lipinski definition) is 5. The highest BCUT2D eigenvalue weighted by Crippen LogP contribution is 2.22. The number of nitrogens with one attached hydrogen (secondary N) is 1. The molecule has 0 saturated heterocycles. The molecule has 2 unspecified atom stereocenters. The first-order chi connectivity index (χ1) is 8.54. The molecule has 0 aliphatic rings. The predicted molar refractivity (Wildman–Crippen MR) is 67.3 cm³/mol. The van der Waals surface area contributed by atoms with E-state index in [0.29, 0.717) is 0 Å². The van der Waals surface area contributed by atoms with Crippen LogP contribution in [0.5, 0.6) is 0 Å². The molecule has 6 nitrogen and oxygen atoms in total. The van der Waals surface area contributed by atoms with Gasteiger partial charge in [-0.05, 0) is 11.4 Å². The summed E-state index contributed by atoms with van der Waals surface area (Å²) < 4.78 is 4.78. The first kappa shape index (κ1) is 14.6. The summed E-state index contributed by atoms with van der Waals surface area (Å²) in [5.41, 5.74) is 5.58. The van der Waals surface area contributed by atoms with E-state index < -0.39 is 24.0 Å². The van der Waals surface area contributed by atoms with E-state index in [-0.39, 0.29) is 13.0 Å². The first-order valence-corrected chi connectivity index (χ1v) is 6.22. The monoisotopic (exact) mass is 272 g/mol. The Morgan fingerprint density at radius 1 is 1.61 bits per heavy atom. The molecule has 2 atom stereocenters. The van der Waals surface area contributed by atoms with Crippen LogP contribution in [-0.2, 0) is 14.3 Å². The van der Waals surface area contributed by atoms with Gasteiger partial charge in [0.25, 0.3) is 0 Å². The molecule has 0 bridgehead atoms. The lowest BCUT2D eigenvalue weighted by Crippen LogP contribution is -2.45. The van der Waals surface area contributed by atoms with Crippen molar-refractivity contribution in [1.29, 1.82) is 0 Å². The largest absolute Gasteiger partial charge is 0.481 e. The van der Waals surface area contributed by atoms with Gasteiger partial charge in [-0.15, -0.1) is 11.3 Å². The van der Waals surface area contributed by atoms with E-state index in [4.69, 9.17) is 15.6 Å². The molecule has 0 aliphatic heterocycles. The van der Waals surface area contributed by atoms with Crippen LogP contribution >= 0.6 is 11.3 Å². The lowest BCUT2D eigenvalue weighted by atomic mass is 10.1. The summed E-state index contributed by atoms with van der Waals surface area (Å²) in [5, 5.41) is 13.3. The third-order valence-electron chi connectivity index (χ3n) is 2.26. The fourth-order valence-electron chi connectivity index (χ4n) is 1.42. The molecular formula is C11H16N2O4S. The molecule has 1 aromatic heterocycles. The molecular weight excluding hydrogens is 256 g/mol. The van der Waals surface area contributed by atoms with E-state index in [2.05, 4.69) is 5.32 Å². The molecule has 0 aliphatic carbocycles. The molecule has 1 heterocycles. The second-order valence-electron chi connectivity index (χ2n) is 3.74. The van der Waals surface area contributed by atoms with Crippen LogP contribution in [0.25, 0.3) is 0 Å². The van der Waals surface area contributed by atoms with Gasteiger partial charge in [0.2, 0.25) is 5.91 Å². The number of ether oxygens (including phenoxy) is 1. The van der Waals surface area contributed by atoms with Crippen LogP contribution in [-0.4, -0.2) is 36.7 Å². The number of hydrogen-bond donors (Lipinski definition) is 3. The molecule has 1 aromatic rings. The smallest absolute Gasteiger partial charge is 0.305 e. The van der Waals surface area contributed by atoms with Crippen molar-refractivity contribution in [2.45, 2.75) is 18.5 Å². The van der Waals surface area contributed by atoms with Gasteiger partial charge in [0.15, 0.2) is 0 Å². The Morgan fingerprint density at radius 3 is 2.83 bits per heavy atom. The zero-order chi connectivity index (χ0) is 13.5. The van der Waals surface area contributed by atoms with Crippen LogP contribution < -0.4 is 11.1 Å². The Labute approximate surface area is 109 Å². The van der Waals surface area contributed by atoms with E-state index in [9.17, 15) is 9.59 Å². The Morgan fingerprint density at radius 2 is 2.33 bits per heavy atom. The molecule has 1 amide bonds. The highest BCUT2D eigenvalue weighted by molar-refractivity contribution is 7.10. The highest BCUT2D eigenvalue weighted by atomic mass is 32.1. The van der Waals surface area contributed by atoms with Crippen LogP contribution in [0.4, 0.5) is 0 Å². The maximum Gasteiger partial charge on any atom is 0.305 e. The molecule has 0 spiro atoms. The van der Waals surface area contributed by atoms with E-state index in [1.807, 2.05) is 5.38 Å². The number of carbonyl (C=O) groups is 2. The minimum atomic E-state index is -0.978. The van der Waals surface area contributed by atoms with Gasteiger partial charge in [-0.3, -0.25) is 9.59 Å².